The predicted octanol–water partition coefficient (Wildman–Crippen LogP) is -27.3. The standard InChI is InChI=1S/2C11H10O4S.C8H10O8S2.C4H8O8S2.C4H7O5S.8Na.O3S/c12-11(16(13,14)15)10-7-3-5-8-4-1-2-6-9(8)10;12-11(16(13,14)15)10-6-5-8-3-1-2-4-9(8)7-10;9-7(17(11,12)13)5-3-1-2-4-6(5)8(10)18(14,15)16;5-3(13(7,8)9)1-2-4(6)14(10,11)12;5-3-1-2-4(6)10(7,8)9;;;;;;;;;1-4(2)3/h2*1-7,11-12H,(H,13,14,15);1-4,7-10H,(H,11,12,13)(H,14,15,16);1-6H,(H,7,8,9)(H,10,11,12);1-6H,(H,7,8,9);;;;;;;;;/q;;;;-1;8*+1;/p-7/b;;;2-1+;2-1-;;;;;;;;;. The van der Waals surface area contributed by atoms with Crippen LogP contribution in [-0.2, 0) is 81.4 Å². The van der Waals surface area contributed by atoms with Gasteiger partial charge < -0.3 is 72.7 Å². The molecular weight excluding hydrogens is 1410 g/mol. The molecule has 0 aliphatic rings. The summed E-state index contributed by atoms with van der Waals surface area (Å²) in [7, 11) is -37.6. The molecule has 0 amide bonds. The van der Waals surface area contributed by atoms with Crippen LogP contribution in [0.15, 0.2) is 133 Å². The van der Waals surface area contributed by atoms with Crippen molar-refractivity contribution in [1.29, 1.82) is 0 Å². The van der Waals surface area contributed by atoms with Gasteiger partial charge in [-0.2, -0.15) is 6.08 Å². The zero-order chi connectivity index (χ0) is 61.0. The molecule has 0 aromatic heterocycles. The first kappa shape index (κ1) is 107. The Hall–Kier alpha value is 2.64. The maximum Gasteiger partial charge on any atom is 1.00 e. The molecule has 0 saturated heterocycles. The van der Waals surface area contributed by atoms with E-state index < -0.39 is 131 Å². The van der Waals surface area contributed by atoms with E-state index in [-0.39, 0.29) is 260 Å². The Morgan fingerprint density at radius 1 is 0.349 bits per heavy atom. The van der Waals surface area contributed by atoms with Crippen molar-refractivity contribution in [2.24, 2.45) is 0 Å². The molecule has 5 aromatic rings. The molecule has 0 radical (unpaired) electrons. The number of hydrogen-bond acceptors (Lipinski definition) is 32. The monoisotopic (exact) mass is 1450 g/mol. The minimum atomic E-state index is -5.16. The van der Waals surface area contributed by atoms with Gasteiger partial charge in [0.25, 0.3) is 0 Å². The average Bonchev–Trinajstić information content (AvgIpc) is 3.32. The molecular formula is C38H38Na8O32S8. The van der Waals surface area contributed by atoms with Gasteiger partial charge in [0, 0.05) is 16.7 Å². The Balaban J connectivity index is -0.000000119. The smallest absolute Gasteiger partial charge is 0.747 e. The average molecular weight is 1450 g/mol. The van der Waals surface area contributed by atoms with E-state index in [9.17, 15) is 111 Å². The fourth-order valence-electron chi connectivity index (χ4n) is 5.04. The molecule has 86 heavy (non-hydrogen) atoms. The van der Waals surface area contributed by atoms with Crippen LogP contribution in [0.3, 0.4) is 0 Å². The zero-order valence-electron chi connectivity index (χ0n) is 46.0. The third-order valence-electron chi connectivity index (χ3n) is 8.46. The number of rotatable bonds is 15. The van der Waals surface area contributed by atoms with Crippen LogP contribution in [-0.4, -0.2) is 161 Å². The molecule has 0 fully saturated rings. The third kappa shape index (κ3) is 42.9. The van der Waals surface area contributed by atoms with Crippen molar-refractivity contribution in [2.75, 3.05) is 0 Å². The third-order valence-corrected chi connectivity index (χ3v) is 13.9. The first-order chi connectivity index (χ1) is 35.3. The van der Waals surface area contributed by atoms with E-state index in [1.807, 2.05) is 12.1 Å². The number of fused-ring (bicyclic) bond motifs is 2. The summed E-state index contributed by atoms with van der Waals surface area (Å²) in [6.45, 7) is 0.508. The summed E-state index contributed by atoms with van der Waals surface area (Å²) < 4.78 is 243. The van der Waals surface area contributed by atoms with Crippen LogP contribution in [0.1, 0.15) is 44.0 Å². The van der Waals surface area contributed by atoms with Gasteiger partial charge >= 0.3 is 247 Å². The SMILES string of the molecule is O=S(=O)([O-])C(O)/C=C/C(O)S(=O)(=O)[O-].O=S(=O)([O-])C(O)/C=C\[CH-]O.O=S(=O)([O-])C(O)c1ccc2ccccc2c1.O=S(=O)([O-])C(O)c1cccc2ccccc12.O=S(=O)([O-])C(O)c1ccccc1C(O)S(=O)(=O)[O-].O=S(=O)=O.[Na+].[Na+].[Na+].[Na+].[Na+].[Na+].[Na+].[Na+]. The normalized spacial score (nSPS) is 13.6. The molecule has 0 saturated carbocycles. The predicted molar refractivity (Wildman–Crippen MR) is 254 cm³/mol. The second-order valence-corrected chi connectivity index (χ2v) is 24.5. The van der Waals surface area contributed by atoms with Gasteiger partial charge in [0.15, 0.2) is 32.6 Å². The number of aliphatic hydroxyl groups excluding tert-OH is 8. The second-order valence-electron chi connectivity index (χ2n) is 14.0. The summed E-state index contributed by atoms with van der Waals surface area (Å²) in [6.07, 6.45) is 1.90. The number of benzene rings is 5. The molecule has 5 aromatic carbocycles. The summed E-state index contributed by atoms with van der Waals surface area (Å²) >= 11 is 0. The molecule has 438 valence electrons. The van der Waals surface area contributed by atoms with Crippen molar-refractivity contribution < 1.29 is 381 Å². The minimum absolute atomic E-state index is 0. The Morgan fingerprint density at radius 3 is 0.965 bits per heavy atom. The van der Waals surface area contributed by atoms with Gasteiger partial charge in [0.05, 0.1) is 5.44 Å². The van der Waals surface area contributed by atoms with E-state index in [0.29, 0.717) is 18.1 Å². The quantitative estimate of drug-likeness (QED) is 0.0209. The van der Waals surface area contributed by atoms with Gasteiger partial charge in [-0.25, -0.2) is 65.0 Å². The van der Waals surface area contributed by atoms with Crippen LogP contribution < -0.4 is 236 Å². The topological polar surface area (TPSA) is 613 Å². The van der Waals surface area contributed by atoms with Crippen molar-refractivity contribution in [3.05, 3.63) is 162 Å². The van der Waals surface area contributed by atoms with Crippen LogP contribution >= 0.6 is 0 Å². The summed E-state index contributed by atoms with van der Waals surface area (Å²) in [5, 5.41) is 73.7. The van der Waals surface area contributed by atoms with Crippen molar-refractivity contribution in [1.82, 2.24) is 0 Å². The molecule has 0 aliphatic heterocycles. The fourth-order valence-corrected chi connectivity index (χ4v) is 7.94. The first-order valence-corrected chi connectivity index (χ1v) is 30.6. The van der Waals surface area contributed by atoms with E-state index in [2.05, 4.69) is 0 Å². The largest absolute Gasteiger partial charge is 1.00 e. The van der Waals surface area contributed by atoms with E-state index >= 15 is 0 Å². The van der Waals surface area contributed by atoms with Crippen LogP contribution in [0, 0.1) is 6.61 Å². The molecule has 8 N–H and O–H groups in total. The van der Waals surface area contributed by atoms with Crippen molar-refractivity contribution in [2.45, 2.75) is 38.1 Å². The maximum atomic E-state index is 10.8. The minimum Gasteiger partial charge on any atom is -0.747 e. The van der Waals surface area contributed by atoms with Gasteiger partial charge in [-0.05, 0) is 45.3 Å². The summed E-state index contributed by atoms with van der Waals surface area (Å²) in [4.78, 5) is 0. The fraction of sp³-hybridized carbons (Fsp3) is 0.184. The van der Waals surface area contributed by atoms with E-state index in [4.69, 9.17) is 33.1 Å². The van der Waals surface area contributed by atoms with Gasteiger partial charge in [-0.1, -0.05) is 103 Å². The van der Waals surface area contributed by atoms with Crippen LogP contribution in [0.25, 0.3) is 21.5 Å². The van der Waals surface area contributed by atoms with Crippen molar-refractivity contribution in [3.63, 3.8) is 0 Å². The molecule has 7 atom stereocenters. The van der Waals surface area contributed by atoms with Crippen LogP contribution in [0.4, 0.5) is 0 Å². The van der Waals surface area contributed by atoms with Gasteiger partial charge in [0.1, 0.15) is 70.8 Å². The van der Waals surface area contributed by atoms with E-state index in [1.54, 1.807) is 54.6 Å². The Labute approximate surface area is 672 Å². The van der Waals surface area contributed by atoms with Gasteiger partial charge in [-0.15, -0.1) is 19.2 Å². The molecule has 5 rings (SSSR count). The number of aliphatic hydroxyl groups is 8. The molecule has 0 heterocycles. The van der Waals surface area contributed by atoms with Crippen LogP contribution in [0.5, 0.6) is 0 Å². The van der Waals surface area contributed by atoms with Gasteiger partial charge in [0.2, 0.25) is 0 Å². The zero-order valence-corrected chi connectivity index (χ0v) is 68.5. The van der Waals surface area contributed by atoms with Gasteiger partial charge in [-0.3, -0.25) is 0 Å². The molecule has 0 bridgehead atoms. The maximum absolute atomic E-state index is 10.8. The molecule has 48 heteroatoms. The first-order valence-electron chi connectivity index (χ1n) is 19.3. The van der Waals surface area contributed by atoms with E-state index in [0.717, 1.165) is 34.4 Å². The van der Waals surface area contributed by atoms with Crippen molar-refractivity contribution >= 4 is 103 Å². The second kappa shape index (κ2) is 49.2. The number of hydrogen-bond donors (Lipinski definition) is 8. The molecule has 32 nitrogen and oxygen atoms in total. The van der Waals surface area contributed by atoms with Crippen LogP contribution in [0.2, 0.25) is 0 Å². The molecule has 0 aliphatic carbocycles. The molecule has 7 unspecified atom stereocenters. The molecule has 0 spiro atoms. The Kier molecular flexibility index (Phi) is 61.4. The summed E-state index contributed by atoms with van der Waals surface area (Å²) in [6, 6.07) is 27.9. The summed E-state index contributed by atoms with van der Waals surface area (Å²) in [5.41, 5.74) is -17.3. The Morgan fingerprint density at radius 2 is 0.628 bits per heavy atom. The Bertz CT molecular complexity index is 3720. The van der Waals surface area contributed by atoms with E-state index in [1.165, 1.54) is 30.3 Å². The summed E-state index contributed by atoms with van der Waals surface area (Å²) in [5.74, 6) is 0. The van der Waals surface area contributed by atoms with Crippen molar-refractivity contribution in [3.8, 4) is 0 Å².